The number of halogens is 2. The molecule has 2 aromatic rings. The molecule has 8 heteroatoms. The molecule has 1 aromatic carbocycles. The lowest BCUT2D eigenvalue weighted by Crippen LogP contribution is -2.20. The van der Waals surface area contributed by atoms with Crippen LogP contribution in [-0.2, 0) is 0 Å². The van der Waals surface area contributed by atoms with Gasteiger partial charge in [0.1, 0.15) is 16.6 Å². The van der Waals surface area contributed by atoms with Gasteiger partial charge in [0.15, 0.2) is 0 Å². The van der Waals surface area contributed by atoms with Crippen LogP contribution >= 0.6 is 11.3 Å². The van der Waals surface area contributed by atoms with Crippen molar-refractivity contribution >= 4 is 34.0 Å². The van der Waals surface area contributed by atoms with Crippen LogP contribution in [0.3, 0.4) is 0 Å². The molecule has 0 radical (unpaired) electrons. The zero-order chi connectivity index (χ0) is 14.7. The van der Waals surface area contributed by atoms with E-state index in [9.17, 15) is 18.4 Å². The summed E-state index contributed by atoms with van der Waals surface area (Å²) in [5.74, 6) is -2.84. The van der Waals surface area contributed by atoms with Gasteiger partial charge in [0.2, 0.25) is 0 Å². The van der Waals surface area contributed by atoms with Crippen LogP contribution in [-0.4, -0.2) is 17.1 Å². The summed E-state index contributed by atoms with van der Waals surface area (Å²) in [6, 6.07) is 3.10. The number of nitrogens with one attached hydrogen (secondary N) is 2. The molecule has 0 aliphatic rings. The van der Waals surface area contributed by atoms with Crippen LogP contribution < -0.4 is 10.6 Å². The normalized spacial score (nSPS) is 10.1. The second kappa shape index (κ2) is 5.66. The highest BCUT2D eigenvalue weighted by Gasteiger charge is 2.14. The summed E-state index contributed by atoms with van der Waals surface area (Å²) in [6.45, 7) is 0. The van der Waals surface area contributed by atoms with Crippen LogP contribution in [0, 0.1) is 11.6 Å². The molecule has 0 aliphatic heterocycles. The smallest absolute Gasteiger partial charge is 0.338 e. The van der Waals surface area contributed by atoms with Crippen molar-refractivity contribution < 1.29 is 23.5 Å². The van der Waals surface area contributed by atoms with Crippen molar-refractivity contribution in [1.82, 2.24) is 0 Å². The molecule has 0 unspecified atom stereocenters. The van der Waals surface area contributed by atoms with Crippen LogP contribution in [0.15, 0.2) is 29.6 Å². The van der Waals surface area contributed by atoms with Crippen molar-refractivity contribution in [1.29, 1.82) is 0 Å². The van der Waals surface area contributed by atoms with Gasteiger partial charge in [-0.2, -0.15) is 0 Å². The Labute approximate surface area is 115 Å². The van der Waals surface area contributed by atoms with Gasteiger partial charge in [0.05, 0.1) is 5.56 Å². The van der Waals surface area contributed by atoms with Gasteiger partial charge >= 0.3 is 12.0 Å². The van der Waals surface area contributed by atoms with E-state index in [2.05, 4.69) is 10.6 Å². The zero-order valence-corrected chi connectivity index (χ0v) is 10.6. The van der Waals surface area contributed by atoms with Gasteiger partial charge in [-0.15, -0.1) is 11.3 Å². The number of carbonyl (C=O) groups excluding carboxylic acids is 1. The van der Waals surface area contributed by atoms with Crippen molar-refractivity contribution in [2.24, 2.45) is 0 Å². The molecule has 1 heterocycles. The molecule has 0 spiro atoms. The number of thiophene rings is 1. The van der Waals surface area contributed by atoms with Crippen LogP contribution in [0.2, 0.25) is 0 Å². The Morgan fingerprint density at radius 3 is 2.35 bits per heavy atom. The standard InChI is InChI=1S/C12H8F2N2O3S/c13-6-3-7(14)5-8(4-6)15-12(19)16-10-9(11(17)18)1-2-20-10/h1-5H,(H,17,18)(H2,15,16,19). The molecule has 2 rings (SSSR count). The molecule has 0 saturated carbocycles. The fraction of sp³-hybridized carbons (Fsp3) is 0. The lowest BCUT2D eigenvalue weighted by molar-refractivity contribution is 0.0698. The average molecular weight is 298 g/mol. The molecule has 1 aromatic heterocycles. The molecule has 0 aliphatic carbocycles. The minimum Gasteiger partial charge on any atom is -0.478 e. The first kappa shape index (κ1) is 13.9. The molecule has 0 fully saturated rings. The molecule has 20 heavy (non-hydrogen) atoms. The number of anilines is 2. The summed E-state index contributed by atoms with van der Waals surface area (Å²) >= 11 is 1.02. The average Bonchev–Trinajstić information content (AvgIpc) is 2.75. The summed E-state index contributed by atoms with van der Waals surface area (Å²) in [4.78, 5) is 22.5. The Bertz CT molecular complexity index is 652. The van der Waals surface area contributed by atoms with Gasteiger partial charge in [-0.1, -0.05) is 0 Å². The number of urea groups is 1. The molecular formula is C12H8F2N2O3S. The minimum absolute atomic E-state index is 0.0597. The predicted molar refractivity (Wildman–Crippen MR) is 70.3 cm³/mol. The summed E-state index contributed by atoms with van der Waals surface area (Å²) in [5.41, 5.74) is -0.135. The maximum absolute atomic E-state index is 12.9. The SMILES string of the molecule is O=C(Nc1cc(F)cc(F)c1)Nc1sccc1C(=O)O. The summed E-state index contributed by atoms with van der Waals surface area (Å²) in [6.07, 6.45) is 0. The first-order chi connectivity index (χ1) is 9.45. The van der Waals surface area contributed by atoms with E-state index in [0.29, 0.717) is 6.07 Å². The third-order valence-corrected chi connectivity index (χ3v) is 3.07. The van der Waals surface area contributed by atoms with E-state index in [1.165, 1.54) is 11.4 Å². The maximum Gasteiger partial charge on any atom is 0.338 e. The Hall–Kier alpha value is -2.48. The number of amides is 2. The highest BCUT2D eigenvalue weighted by Crippen LogP contribution is 2.23. The predicted octanol–water partition coefficient (Wildman–Crippen LogP) is 3.37. The number of aromatic carboxylic acids is 1. The molecule has 0 atom stereocenters. The van der Waals surface area contributed by atoms with E-state index in [0.717, 1.165) is 23.5 Å². The van der Waals surface area contributed by atoms with Gasteiger partial charge in [-0.25, -0.2) is 18.4 Å². The number of hydrogen-bond acceptors (Lipinski definition) is 3. The third kappa shape index (κ3) is 3.29. The van der Waals surface area contributed by atoms with Gasteiger partial charge in [0.25, 0.3) is 0 Å². The van der Waals surface area contributed by atoms with Crippen molar-refractivity contribution in [2.75, 3.05) is 10.6 Å². The van der Waals surface area contributed by atoms with Crippen LogP contribution in [0.4, 0.5) is 24.3 Å². The van der Waals surface area contributed by atoms with Gasteiger partial charge in [0, 0.05) is 11.8 Å². The monoisotopic (exact) mass is 298 g/mol. The fourth-order valence-corrected chi connectivity index (χ4v) is 2.24. The highest BCUT2D eigenvalue weighted by atomic mass is 32.1. The molecule has 3 N–H and O–H groups in total. The number of hydrogen-bond donors (Lipinski definition) is 3. The number of carbonyl (C=O) groups is 2. The maximum atomic E-state index is 12.9. The zero-order valence-electron chi connectivity index (χ0n) is 9.81. The van der Waals surface area contributed by atoms with Crippen LogP contribution in [0.1, 0.15) is 10.4 Å². The van der Waals surface area contributed by atoms with E-state index in [1.807, 2.05) is 0 Å². The topological polar surface area (TPSA) is 78.4 Å². The first-order valence-electron chi connectivity index (χ1n) is 5.30. The third-order valence-electron chi connectivity index (χ3n) is 2.24. The van der Waals surface area contributed by atoms with E-state index >= 15 is 0 Å². The lowest BCUT2D eigenvalue weighted by atomic mass is 10.3. The van der Waals surface area contributed by atoms with Crippen LogP contribution in [0.5, 0.6) is 0 Å². The first-order valence-corrected chi connectivity index (χ1v) is 6.18. The van der Waals surface area contributed by atoms with E-state index in [4.69, 9.17) is 5.11 Å². The second-order valence-corrected chi connectivity index (χ2v) is 4.62. The van der Waals surface area contributed by atoms with Crippen molar-refractivity contribution in [2.45, 2.75) is 0 Å². The molecule has 104 valence electrons. The fourth-order valence-electron chi connectivity index (χ4n) is 1.47. The second-order valence-electron chi connectivity index (χ2n) is 3.71. The van der Waals surface area contributed by atoms with Crippen LogP contribution in [0.25, 0.3) is 0 Å². The Morgan fingerprint density at radius 1 is 1.10 bits per heavy atom. The van der Waals surface area contributed by atoms with Gasteiger partial charge in [-0.3, -0.25) is 5.32 Å². The Balaban J connectivity index is 2.09. The molecule has 0 bridgehead atoms. The van der Waals surface area contributed by atoms with E-state index in [-0.39, 0.29) is 16.3 Å². The summed E-state index contributed by atoms with van der Waals surface area (Å²) < 4.78 is 25.9. The largest absolute Gasteiger partial charge is 0.478 e. The quantitative estimate of drug-likeness (QED) is 0.813. The van der Waals surface area contributed by atoms with E-state index in [1.54, 1.807) is 0 Å². The molecule has 0 saturated heterocycles. The van der Waals surface area contributed by atoms with Crippen molar-refractivity contribution in [3.8, 4) is 0 Å². The highest BCUT2D eigenvalue weighted by molar-refractivity contribution is 7.14. The minimum atomic E-state index is -1.18. The Kier molecular flexibility index (Phi) is 3.94. The summed E-state index contributed by atoms with van der Waals surface area (Å²) in [7, 11) is 0. The number of rotatable bonds is 3. The lowest BCUT2D eigenvalue weighted by Gasteiger charge is -2.07. The summed E-state index contributed by atoms with van der Waals surface area (Å²) in [5, 5.41) is 15.0. The number of carboxylic acid groups (broad SMARTS) is 1. The van der Waals surface area contributed by atoms with Gasteiger partial charge in [-0.05, 0) is 23.6 Å². The van der Waals surface area contributed by atoms with Gasteiger partial charge < -0.3 is 10.4 Å². The van der Waals surface area contributed by atoms with Crippen molar-refractivity contribution in [3.05, 3.63) is 46.8 Å². The molecular weight excluding hydrogens is 290 g/mol. The number of carboxylic acids is 1. The molecule has 5 nitrogen and oxygen atoms in total. The molecule has 2 amide bonds. The number of benzene rings is 1. The Morgan fingerprint density at radius 2 is 1.75 bits per heavy atom. The van der Waals surface area contributed by atoms with Crippen molar-refractivity contribution in [3.63, 3.8) is 0 Å². The van der Waals surface area contributed by atoms with E-state index < -0.39 is 23.6 Å².